The topological polar surface area (TPSA) is 76.7 Å². The first-order chi connectivity index (χ1) is 10.6. The molecule has 0 saturated heterocycles. The number of benzene rings is 1. The van der Waals surface area contributed by atoms with Gasteiger partial charge in [-0.3, -0.25) is 20.4 Å². The fourth-order valence-corrected chi connectivity index (χ4v) is 2.04. The predicted molar refractivity (Wildman–Crippen MR) is 81.3 cm³/mol. The Hall–Kier alpha value is -2.24. The molecule has 6 nitrogen and oxygen atoms in total. The largest absolute Gasteiger partial charge is 0.494 e. The summed E-state index contributed by atoms with van der Waals surface area (Å²) in [5.74, 6) is 0.827. The molecule has 1 fully saturated rings. The molecule has 0 aliphatic heterocycles. The van der Waals surface area contributed by atoms with Gasteiger partial charge in [0.25, 0.3) is 5.91 Å². The van der Waals surface area contributed by atoms with Crippen LogP contribution in [-0.2, 0) is 9.59 Å². The second kappa shape index (κ2) is 7.68. The van der Waals surface area contributed by atoms with Gasteiger partial charge in [-0.25, -0.2) is 0 Å². The van der Waals surface area contributed by atoms with Gasteiger partial charge in [-0.1, -0.05) is 6.42 Å². The zero-order chi connectivity index (χ0) is 15.9. The lowest BCUT2D eigenvalue weighted by Crippen LogP contribution is -2.49. The highest BCUT2D eigenvalue weighted by atomic mass is 16.5. The number of hydrogen-bond donors (Lipinski definition) is 2. The number of nitrogens with one attached hydrogen (secondary N) is 2. The van der Waals surface area contributed by atoms with E-state index in [-0.39, 0.29) is 17.7 Å². The molecule has 1 saturated carbocycles. The van der Waals surface area contributed by atoms with E-state index in [2.05, 4.69) is 10.9 Å². The Labute approximate surface area is 130 Å². The lowest BCUT2D eigenvalue weighted by atomic mass is 9.85. The summed E-state index contributed by atoms with van der Waals surface area (Å²) in [6.45, 7) is 4.13. The molecule has 22 heavy (non-hydrogen) atoms. The summed E-state index contributed by atoms with van der Waals surface area (Å²) in [6, 6.07) is 7.03. The highest BCUT2D eigenvalue weighted by molar-refractivity contribution is 5.85. The van der Waals surface area contributed by atoms with Gasteiger partial charge in [-0.2, -0.15) is 0 Å². The van der Waals surface area contributed by atoms with Crippen LogP contribution < -0.4 is 20.3 Å². The fourth-order valence-electron chi connectivity index (χ4n) is 2.04. The zero-order valence-electron chi connectivity index (χ0n) is 12.9. The van der Waals surface area contributed by atoms with Gasteiger partial charge in [-0.15, -0.1) is 0 Å². The van der Waals surface area contributed by atoms with Gasteiger partial charge >= 0.3 is 0 Å². The SMILES string of the molecule is CCOc1ccc(O[C@H](C)C(=O)NNC(=O)C2CCC2)cc1. The maximum Gasteiger partial charge on any atom is 0.279 e. The van der Waals surface area contributed by atoms with Crippen LogP contribution >= 0.6 is 0 Å². The molecule has 0 radical (unpaired) electrons. The number of hydrazine groups is 1. The van der Waals surface area contributed by atoms with Crippen molar-refractivity contribution in [3.63, 3.8) is 0 Å². The number of ether oxygens (including phenoxy) is 2. The van der Waals surface area contributed by atoms with Gasteiger partial charge in [0.15, 0.2) is 6.10 Å². The molecule has 0 heterocycles. The molecule has 1 aliphatic carbocycles. The van der Waals surface area contributed by atoms with Crippen LogP contribution in [0, 0.1) is 5.92 Å². The number of hydrogen-bond acceptors (Lipinski definition) is 4. The molecule has 120 valence electrons. The average molecular weight is 306 g/mol. The van der Waals surface area contributed by atoms with Crippen molar-refractivity contribution in [1.82, 2.24) is 10.9 Å². The quantitative estimate of drug-likeness (QED) is 0.786. The third-order valence-corrected chi connectivity index (χ3v) is 3.60. The Morgan fingerprint density at radius 2 is 1.82 bits per heavy atom. The smallest absolute Gasteiger partial charge is 0.279 e. The molecule has 6 heteroatoms. The molecule has 2 amide bonds. The number of amides is 2. The summed E-state index contributed by atoms with van der Waals surface area (Å²) in [6.07, 6.45) is 2.14. The van der Waals surface area contributed by atoms with E-state index in [1.165, 1.54) is 0 Å². The monoisotopic (exact) mass is 306 g/mol. The first-order valence-electron chi connectivity index (χ1n) is 7.59. The summed E-state index contributed by atoms with van der Waals surface area (Å²) in [7, 11) is 0. The van der Waals surface area contributed by atoms with Crippen molar-refractivity contribution in [2.75, 3.05) is 6.61 Å². The van der Waals surface area contributed by atoms with Crippen molar-refractivity contribution in [2.24, 2.45) is 5.92 Å². The van der Waals surface area contributed by atoms with Gasteiger partial charge in [0.1, 0.15) is 11.5 Å². The molecule has 1 atom stereocenters. The van der Waals surface area contributed by atoms with Crippen LogP contribution in [0.3, 0.4) is 0 Å². The van der Waals surface area contributed by atoms with Crippen molar-refractivity contribution < 1.29 is 19.1 Å². The lowest BCUT2D eigenvalue weighted by molar-refractivity contribution is -0.135. The molecule has 1 aliphatic rings. The minimum Gasteiger partial charge on any atom is -0.494 e. The highest BCUT2D eigenvalue weighted by Crippen LogP contribution is 2.25. The van der Waals surface area contributed by atoms with Crippen molar-refractivity contribution in [3.05, 3.63) is 24.3 Å². The van der Waals surface area contributed by atoms with Gasteiger partial charge < -0.3 is 9.47 Å². The van der Waals surface area contributed by atoms with Crippen LogP contribution in [0.5, 0.6) is 11.5 Å². The van der Waals surface area contributed by atoms with E-state index in [1.807, 2.05) is 6.92 Å². The summed E-state index contributed by atoms with van der Waals surface area (Å²) < 4.78 is 10.9. The van der Waals surface area contributed by atoms with Crippen LogP contribution in [0.4, 0.5) is 0 Å². The minimum atomic E-state index is -0.709. The second-order valence-electron chi connectivity index (χ2n) is 5.27. The zero-order valence-corrected chi connectivity index (χ0v) is 12.9. The molecule has 0 unspecified atom stereocenters. The molecule has 0 bridgehead atoms. The summed E-state index contributed by atoms with van der Waals surface area (Å²) in [4.78, 5) is 23.5. The van der Waals surface area contributed by atoms with E-state index in [0.29, 0.717) is 12.4 Å². The fraction of sp³-hybridized carbons (Fsp3) is 0.500. The average Bonchev–Trinajstić information content (AvgIpc) is 2.45. The van der Waals surface area contributed by atoms with Crippen LogP contribution in [0.1, 0.15) is 33.1 Å². The third-order valence-electron chi connectivity index (χ3n) is 3.60. The summed E-state index contributed by atoms with van der Waals surface area (Å²) in [5, 5.41) is 0. The molecular formula is C16H22N2O4. The first kappa shape index (κ1) is 16.1. The molecule has 0 aromatic heterocycles. The Morgan fingerprint density at radius 1 is 1.18 bits per heavy atom. The normalized spacial score (nSPS) is 15.4. The number of carbonyl (C=O) groups is 2. The molecule has 2 rings (SSSR count). The Balaban J connectivity index is 1.76. The Morgan fingerprint density at radius 3 is 2.36 bits per heavy atom. The number of carbonyl (C=O) groups excluding carboxylic acids is 2. The molecule has 1 aromatic rings. The summed E-state index contributed by atoms with van der Waals surface area (Å²) in [5.41, 5.74) is 4.83. The Kier molecular flexibility index (Phi) is 5.63. The van der Waals surface area contributed by atoms with Crippen LogP contribution in [-0.4, -0.2) is 24.5 Å². The maximum atomic E-state index is 11.9. The predicted octanol–water partition coefficient (Wildman–Crippen LogP) is 1.80. The first-order valence-corrected chi connectivity index (χ1v) is 7.59. The molecule has 0 spiro atoms. The third kappa shape index (κ3) is 4.38. The minimum absolute atomic E-state index is 0.0302. The van der Waals surface area contributed by atoms with Crippen molar-refractivity contribution in [2.45, 2.75) is 39.2 Å². The second-order valence-corrected chi connectivity index (χ2v) is 5.27. The van der Waals surface area contributed by atoms with E-state index in [4.69, 9.17) is 9.47 Å². The van der Waals surface area contributed by atoms with E-state index < -0.39 is 6.10 Å². The van der Waals surface area contributed by atoms with E-state index in [0.717, 1.165) is 25.0 Å². The molecule has 2 N–H and O–H groups in total. The maximum absolute atomic E-state index is 11.9. The van der Waals surface area contributed by atoms with Crippen molar-refractivity contribution in [1.29, 1.82) is 0 Å². The van der Waals surface area contributed by atoms with Gasteiger partial charge in [0.05, 0.1) is 6.61 Å². The summed E-state index contributed by atoms with van der Waals surface area (Å²) >= 11 is 0. The number of rotatable bonds is 6. The van der Waals surface area contributed by atoms with Gasteiger partial charge in [0.2, 0.25) is 5.91 Å². The van der Waals surface area contributed by atoms with Crippen molar-refractivity contribution in [3.8, 4) is 11.5 Å². The van der Waals surface area contributed by atoms with Crippen molar-refractivity contribution >= 4 is 11.8 Å². The van der Waals surface area contributed by atoms with Crippen LogP contribution in [0.15, 0.2) is 24.3 Å². The van der Waals surface area contributed by atoms with Gasteiger partial charge in [0, 0.05) is 5.92 Å². The van der Waals surface area contributed by atoms with Crippen LogP contribution in [0.2, 0.25) is 0 Å². The lowest BCUT2D eigenvalue weighted by Gasteiger charge is -2.24. The standard InChI is InChI=1S/C16H22N2O4/c1-3-21-13-7-9-14(10-8-13)22-11(2)15(19)17-18-16(20)12-5-4-6-12/h7-12H,3-6H2,1-2H3,(H,17,19)(H,18,20)/t11-/m1/s1. The Bertz CT molecular complexity index is 511. The highest BCUT2D eigenvalue weighted by Gasteiger charge is 2.26. The van der Waals surface area contributed by atoms with Crippen LogP contribution in [0.25, 0.3) is 0 Å². The molecule has 1 aromatic carbocycles. The van der Waals surface area contributed by atoms with E-state index in [9.17, 15) is 9.59 Å². The van der Waals surface area contributed by atoms with Gasteiger partial charge in [-0.05, 0) is 51.0 Å². The molecular weight excluding hydrogens is 284 g/mol. The van der Waals surface area contributed by atoms with E-state index in [1.54, 1.807) is 31.2 Å². The van der Waals surface area contributed by atoms with E-state index >= 15 is 0 Å².